The van der Waals surface area contributed by atoms with Crippen molar-refractivity contribution in [3.8, 4) is 5.75 Å². The van der Waals surface area contributed by atoms with Crippen LogP contribution in [0.2, 0.25) is 0 Å². The lowest BCUT2D eigenvalue weighted by Gasteiger charge is -2.14. The number of anilines is 1. The van der Waals surface area contributed by atoms with E-state index in [1.807, 2.05) is 56.3 Å². The molecule has 2 rings (SSSR count). The van der Waals surface area contributed by atoms with Crippen LogP contribution in [0.5, 0.6) is 5.75 Å². The quantitative estimate of drug-likeness (QED) is 0.885. The molecule has 1 amide bonds. The molecule has 3 heteroatoms. The van der Waals surface area contributed by atoms with E-state index in [4.69, 9.17) is 4.74 Å². The van der Waals surface area contributed by atoms with Gasteiger partial charge in [0.25, 0.3) is 5.91 Å². The second-order valence-corrected chi connectivity index (χ2v) is 5.85. The average molecular weight is 297 g/mol. The standard InChI is InChI=1S/C19H23NO2/c1-13(2)16-7-5-6-8-18(16)22-12-19(21)20-17-11-14(3)9-10-15(17)4/h5-11,13H,12H2,1-4H3,(H,20,21). The highest BCUT2D eigenvalue weighted by atomic mass is 16.5. The molecule has 0 aliphatic heterocycles. The predicted molar refractivity (Wildman–Crippen MR) is 90.6 cm³/mol. The fraction of sp³-hybridized carbons (Fsp3) is 0.316. The number of hydrogen-bond donors (Lipinski definition) is 1. The highest BCUT2D eigenvalue weighted by Crippen LogP contribution is 2.25. The van der Waals surface area contributed by atoms with Crippen LogP contribution in [-0.2, 0) is 4.79 Å². The van der Waals surface area contributed by atoms with Gasteiger partial charge in [0.1, 0.15) is 5.75 Å². The molecule has 22 heavy (non-hydrogen) atoms. The van der Waals surface area contributed by atoms with Gasteiger partial charge in [0.05, 0.1) is 0 Å². The van der Waals surface area contributed by atoms with Crippen molar-refractivity contribution in [1.82, 2.24) is 0 Å². The Balaban J connectivity index is 2.00. The molecule has 0 radical (unpaired) electrons. The third kappa shape index (κ3) is 4.10. The van der Waals surface area contributed by atoms with E-state index in [0.29, 0.717) is 5.92 Å². The molecule has 0 bridgehead atoms. The van der Waals surface area contributed by atoms with E-state index >= 15 is 0 Å². The molecule has 0 aromatic heterocycles. The molecule has 0 atom stereocenters. The zero-order chi connectivity index (χ0) is 16.1. The lowest BCUT2D eigenvalue weighted by molar-refractivity contribution is -0.118. The molecule has 0 aliphatic rings. The monoisotopic (exact) mass is 297 g/mol. The van der Waals surface area contributed by atoms with Crippen LogP contribution in [0.15, 0.2) is 42.5 Å². The molecule has 2 aromatic rings. The summed E-state index contributed by atoms with van der Waals surface area (Å²) in [6, 6.07) is 13.8. The van der Waals surface area contributed by atoms with Crippen molar-refractivity contribution in [1.29, 1.82) is 0 Å². The van der Waals surface area contributed by atoms with E-state index in [-0.39, 0.29) is 12.5 Å². The summed E-state index contributed by atoms with van der Waals surface area (Å²) in [6.07, 6.45) is 0. The van der Waals surface area contributed by atoms with Gasteiger partial charge in [-0.15, -0.1) is 0 Å². The van der Waals surface area contributed by atoms with Crippen LogP contribution < -0.4 is 10.1 Å². The number of nitrogens with one attached hydrogen (secondary N) is 1. The number of aryl methyl sites for hydroxylation is 2. The number of hydrogen-bond acceptors (Lipinski definition) is 2. The van der Waals surface area contributed by atoms with E-state index in [2.05, 4.69) is 19.2 Å². The fourth-order valence-corrected chi connectivity index (χ4v) is 2.29. The van der Waals surface area contributed by atoms with Crippen LogP contribution in [0.25, 0.3) is 0 Å². The minimum absolute atomic E-state index is 0.0110. The van der Waals surface area contributed by atoms with Gasteiger partial charge < -0.3 is 10.1 Å². The Labute approximate surface area is 132 Å². The maximum absolute atomic E-state index is 12.1. The number of amides is 1. The van der Waals surface area contributed by atoms with Crippen molar-refractivity contribution < 1.29 is 9.53 Å². The van der Waals surface area contributed by atoms with Crippen LogP contribution in [0.4, 0.5) is 5.69 Å². The number of carbonyl (C=O) groups is 1. The van der Waals surface area contributed by atoms with Crippen LogP contribution in [-0.4, -0.2) is 12.5 Å². The van der Waals surface area contributed by atoms with Crippen LogP contribution in [0, 0.1) is 13.8 Å². The Bertz CT molecular complexity index is 662. The summed E-state index contributed by atoms with van der Waals surface area (Å²) in [6.45, 7) is 8.21. The number of carbonyl (C=O) groups excluding carboxylic acids is 1. The first-order valence-corrected chi connectivity index (χ1v) is 7.56. The molecule has 3 nitrogen and oxygen atoms in total. The van der Waals surface area contributed by atoms with E-state index < -0.39 is 0 Å². The van der Waals surface area contributed by atoms with Gasteiger partial charge in [-0.3, -0.25) is 4.79 Å². The summed E-state index contributed by atoms with van der Waals surface area (Å²) in [4.78, 5) is 12.1. The molecule has 0 saturated heterocycles. The minimum atomic E-state index is -0.146. The summed E-state index contributed by atoms with van der Waals surface area (Å²) in [5.74, 6) is 0.985. The third-order valence-corrected chi connectivity index (χ3v) is 3.57. The SMILES string of the molecule is Cc1ccc(C)c(NC(=O)COc2ccccc2C(C)C)c1. The molecule has 0 fully saturated rings. The van der Waals surface area contributed by atoms with E-state index in [1.165, 1.54) is 0 Å². The van der Waals surface area contributed by atoms with E-state index in [0.717, 1.165) is 28.1 Å². The Morgan fingerprint density at radius 1 is 1.14 bits per heavy atom. The van der Waals surface area contributed by atoms with Crippen molar-refractivity contribution in [2.75, 3.05) is 11.9 Å². The molecular formula is C19H23NO2. The van der Waals surface area contributed by atoms with Gasteiger partial charge in [-0.2, -0.15) is 0 Å². The van der Waals surface area contributed by atoms with Gasteiger partial charge in [-0.05, 0) is 48.6 Å². The van der Waals surface area contributed by atoms with Crippen molar-refractivity contribution in [2.45, 2.75) is 33.6 Å². The summed E-state index contributed by atoms with van der Waals surface area (Å²) >= 11 is 0. The third-order valence-electron chi connectivity index (χ3n) is 3.57. The van der Waals surface area contributed by atoms with Crippen molar-refractivity contribution >= 4 is 11.6 Å². The second kappa shape index (κ2) is 7.12. The minimum Gasteiger partial charge on any atom is -0.483 e. The predicted octanol–water partition coefficient (Wildman–Crippen LogP) is 4.44. The van der Waals surface area contributed by atoms with Gasteiger partial charge in [0, 0.05) is 5.69 Å². The maximum atomic E-state index is 12.1. The summed E-state index contributed by atoms with van der Waals surface area (Å²) in [7, 11) is 0. The second-order valence-electron chi connectivity index (χ2n) is 5.85. The Kier molecular flexibility index (Phi) is 5.21. The van der Waals surface area contributed by atoms with Crippen molar-refractivity contribution in [2.24, 2.45) is 0 Å². The molecule has 0 spiro atoms. The summed E-state index contributed by atoms with van der Waals surface area (Å²) < 4.78 is 5.69. The maximum Gasteiger partial charge on any atom is 0.262 e. The van der Waals surface area contributed by atoms with Gasteiger partial charge >= 0.3 is 0 Å². The van der Waals surface area contributed by atoms with E-state index in [1.54, 1.807) is 0 Å². The highest BCUT2D eigenvalue weighted by Gasteiger charge is 2.10. The van der Waals surface area contributed by atoms with E-state index in [9.17, 15) is 4.79 Å². The summed E-state index contributed by atoms with van der Waals surface area (Å²) in [5, 5.41) is 2.91. The average Bonchev–Trinajstić information content (AvgIpc) is 2.49. The van der Waals surface area contributed by atoms with Gasteiger partial charge in [0.2, 0.25) is 0 Å². The number of benzene rings is 2. The first-order valence-electron chi connectivity index (χ1n) is 7.56. The number of ether oxygens (including phenoxy) is 1. The molecule has 0 unspecified atom stereocenters. The largest absolute Gasteiger partial charge is 0.483 e. The Morgan fingerprint density at radius 2 is 1.86 bits per heavy atom. The smallest absolute Gasteiger partial charge is 0.262 e. The highest BCUT2D eigenvalue weighted by molar-refractivity contribution is 5.92. The Morgan fingerprint density at radius 3 is 2.59 bits per heavy atom. The molecule has 2 aromatic carbocycles. The van der Waals surface area contributed by atoms with Gasteiger partial charge in [0.15, 0.2) is 6.61 Å². The van der Waals surface area contributed by atoms with Crippen LogP contribution >= 0.6 is 0 Å². The fourth-order valence-electron chi connectivity index (χ4n) is 2.29. The van der Waals surface area contributed by atoms with Gasteiger partial charge in [-0.1, -0.05) is 44.2 Å². The zero-order valence-corrected chi connectivity index (χ0v) is 13.6. The Hall–Kier alpha value is -2.29. The molecule has 116 valence electrons. The summed E-state index contributed by atoms with van der Waals surface area (Å²) in [5.41, 5.74) is 4.11. The zero-order valence-electron chi connectivity index (χ0n) is 13.6. The molecule has 0 saturated carbocycles. The normalized spacial score (nSPS) is 10.6. The van der Waals surface area contributed by atoms with Crippen molar-refractivity contribution in [3.63, 3.8) is 0 Å². The van der Waals surface area contributed by atoms with Gasteiger partial charge in [-0.25, -0.2) is 0 Å². The number of rotatable bonds is 5. The molecular weight excluding hydrogens is 274 g/mol. The van der Waals surface area contributed by atoms with Crippen LogP contribution in [0.1, 0.15) is 36.5 Å². The first-order chi connectivity index (χ1) is 10.5. The lowest BCUT2D eigenvalue weighted by Crippen LogP contribution is -2.21. The molecule has 1 N–H and O–H groups in total. The molecule has 0 heterocycles. The van der Waals surface area contributed by atoms with Crippen LogP contribution in [0.3, 0.4) is 0 Å². The topological polar surface area (TPSA) is 38.3 Å². The lowest BCUT2D eigenvalue weighted by atomic mass is 10.0. The van der Waals surface area contributed by atoms with Crippen molar-refractivity contribution in [3.05, 3.63) is 59.2 Å². The first kappa shape index (κ1) is 16.1. The number of para-hydroxylation sites is 1. The molecule has 0 aliphatic carbocycles.